The van der Waals surface area contributed by atoms with E-state index in [-0.39, 0.29) is 0 Å². The summed E-state index contributed by atoms with van der Waals surface area (Å²) in [5.74, 6) is 4.58. The van der Waals surface area contributed by atoms with Crippen LogP contribution in [0.2, 0.25) is 0 Å². The van der Waals surface area contributed by atoms with Crippen LogP contribution in [0.25, 0.3) is 10.9 Å². The molecule has 0 radical (unpaired) electrons. The number of nitrogens with zero attached hydrogens (tertiary/aromatic N) is 2. The predicted octanol–water partition coefficient (Wildman–Crippen LogP) is 4.19. The van der Waals surface area contributed by atoms with E-state index in [0.29, 0.717) is 37.1 Å². The van der Waals surface area contributed by atoms with E-state index < -0.39 is 0 Å². The molecular weight excluding hydrogens is 469 g/mol. The van der Waals surface area contributed by atoms with Crippen LogP contribution in [0.15, 0.2) is 42.7 Å². The molecule has 7 heteroatoms. The average Bonchev–Trinajstić information content (AvgIpc) is 2.73. The van der Waals surface area contributed by atoms with Crippen LogP contribution in [0.3, 0.4) is 0 Å². The molecule has 0 aliphatic carbocycles. The minimum absolute atomic E-state index is 0.420. The lowest BCUT2D eigenvalue weighted by Crippen LogP contribution is -2.07. The molecule has 3 rings (SSSR count). The van der Waals surface area contributed by atoms with Crippen molar-refractivity contribution >= 4 is 45.0 Å². The van der Waals surface area contributed by atoms with Crippen molar-refractivity contribution in [2.24, 2.45) is 0 Å². The number of ether oxygens (including phenoxy) is 3. The molecule has 0 aliphatic rings. The van der Waals surface area contributed by atoms with Crippen LogP contribution in [0.4, 0.5) is 11.5 Å². The summed E-state index contributed by atoms with van der Waals surface area (Å²) in [6.45, 7) is 1.49. The first-order chi connectivity index (χ1) is 13.7. The Morgan fingerprint density at radius 1 is 1.07 bits per heavy atom. The average molecular weight is 489 g/mol. The number of anilines is 2. The number of rotatable bonds is 9. The molecule has 144 valence electrons. The monoisotopic (exact) mass is 489 g/mol. The van der Waals surface area contributed by atoms with Gasteiger partial charge in [0.1, 0.15) is 18.8 Å². The number of hydrogen-bond acceptors (Lipinski definition) is 6. The van der Waals surface area contributed by atoms with E-state index in [9.17, 15) is 0 Å². The molecule has 0 atom stereocenters. The van der Waals surface area contributed by atoms with Crippen LogP contribution >= 0.6 is 22.6 Å². The number of benzene rings is 2. The topological polar surface area (TPSA) is 65.5 Å². The number of aromatic nitrogens is 2. The second-order valence-corrected chi connectivity index (χ2v) is 6.85. The van der Waals surface area contributed by atoms with Gasteiger partial charge in [0, 0.05) is 34.2 Å². The van der Waals surface area contributed by atoms with Crippen molar-refractivity contribution in [2.45, 2.75) is 0 Å². The zero-order chi connectivity index (χ0) is 19.8. The zero-order valence-corrected chi connectivity index (χ0v) is 17.6. The third-order valence-corrected chi connectivity index (χ3v) is 4.31. The van der Waals surface area contributed by atoms with Gasteiger partial charge >= 0.3 is 0 Å². The Morgan fingerprint density at radius 2 is 1.89 bits per heavy atom. The molecule has 0 fully saturated rings. The van der Waals surface area contributed by atoms with Gasteiger partial charge in [-0.3, -0.25) is 0 Å². The lowest BCUT2D eigenvalue weighted by Gasteiger charge is -2.15. The normalized spacial score (nSPS) is 10.5. The van der Waals surface area contributed by atoms with Crippen molar-refractivity contribution in [1.82, 2.24) is 9.97 Å². The van der Waals surface area contributed by atoms with Gasteiger partial charge in [-0.15, -0.1) is 6.42 Å². The van der Waals surface area contributed by atoms with Crippen LogP contribution in [-0.2, 0) is 4.74 Å². The Kier molecular flexibility index (Phi) is 7.28. The van der Waals surface area contributed by atoms with Crippen molar-refractivity contribution in [1.29, 1.82) is 0 Å². The highest BCUT2D eigenvalue weighted by molar-refractivity contribution is 14.1. The number of hydrogen-bond donors (Lipinski definition) is 1. The number of fused-ring (bicyclic) bond motifs is 1. The highest BCUT2D eigenvalue weighted by atomic mass is 127. The number of nitrogens with one attached hydrogen (secondary N) is 1. The number of halogens is 1. The van der Waals surface area contributed by atoms with Crippen LogP contribution in [0, 0.1) is 12.3 Å². The second-order valence-electron chi connectivity index (χ2n) is 5.77. The summed E-state index contributed by atoms with van der Waals surface area (Å²) in [6.07, 6.45) is 7.01. The molecule has 1 aromatic heterocycles. The van der Waals surface area contributed by atoms with E-state index in [1.807, 2.05) is 36.4 Å². The molecule has 1 N–H and O–H groups in total. The van der Waals surface area contributed by atoms with Crippen molar-refractivity contribution in [2.75, 3.05) is 36.7 Å². The third kappa shape index (κ3) is 5.03. The van der Waals surface area contributed by atoms with E-state index in [2.05, 4.69) is 43.8 Å². The maximum Gasteiger partial charge on any atom is 0.163 e. The van der Waals surface area contributed by atoms with Gasteiger partial charge in [0.15, 0.2) is 11.5 Å². The first-order valence-electron chi connectivity index (χ1n) is 8.68. The Morgan fingerprint density at radius 3 is 2.68 bits per heavy atom. The summed E-state index contributed by atoms with van der Waals surface area (Å²) in [5.41, 5.74) is 2.40. The van der Waals surface area contributed by atoms with Crippen molar-refractivity contribution in [3.63, 3.8) is 0 Å². The van der Waals surface area contributed by atoms with Gasteiger partial charge < -0.3 is 19.5 Å². The SMILES string of the molecule is C#Cc1cccc(Nc2ncnc3cc(OCCI)c(OCCOC)cc23)c1. The Balaban J connectivity index is 1.98. The van der Waals surface area contributed by atoms with Gasteiger partial charge in [-0.05, 0) is 24.3 Å². The summed E-state index contributed by atoms with van der Waals surface area (Å²) in [6, 6.07) is 11.4. The summed E-state index contributed by atoms with van der Waals surface area (Å²) >= 11 is 2.27. The highest BCUT2D eigenvalue weighted by Crippen LogP contribution is 2.35. The summed E-state index contributed by atoms with van der Waals surface area (Å²) in [4.78, 5) is 8.77. The maximum atomic E-state index is 5.86. The Hall–Kier alpha value is -2.57. The standard InChI is InChI=1S/C21H20IN3O3/c1-3-15-5-4-6-16(11-15)25-21-17-12-19(28-10-9-26-2)20(27-8-7-22)13-18(17)23-14-24-21/h1,4-6,11-14H,7-10H2,2H3,(H,23,24,25). The number of methoxy groups -OCH3 is 1. The van der Waals surface area contributed by atoms with Gasteiger partial charge in [-0.2, -0.15) is 0 Å². The van der Waals surface area contributed by atoms with Gasteiger partial charge in [-0.25, -0.2) is 9.97 Å². The molecule has 0 saturated carbocycles. The second kappa shape index (κ2) is 10.1. The first-order valence-corrected chi connectivity index (χ1v) is 10.2. The quantitative estimate of drug-likeness (QED) is 0.211. The highest BCUT2D eigenvalue weighted by Gasteiger charge is 2.13. The van der Waals surface area contributed by atoms with Crippen LogP contribution in [0.1, 0.15) is 5.56 Å². The smallest absolute Gasteiger partial charge is 0.163 e. The minimum atomic E-state index is 0.420. The summed E-state index contributed by atoms with van der Waals surface area (Å²) in [7, 11) is 1.64. The van der Waals surface area contributed by atoms with E-state index in [4.69, 9.17) is 20.6 Å². The van der Waals surface area contributed by atoms with Crippen molar-refractivity contribution in [3.8, 4) is 23.8 Å². The fourth-order valence-electron chi connectivity index (χ4n) is 2.60. The van der Waals surface area contributed by atoms with E-state index in [0.717, 1.165) is 26.6 Å². The zero-order valence-electron chi connectivity index (χ0n) is 15.4. The molecule has 0 amide bonds. The molecule has 0 saturated heterocycles. The third-order valence-electron chi connectivity index (χ3n) is 3.87. The molecule has 28 heavy (non-hydrogen) atoms. The van der Waals surface area contributed by atoms with Crippen LogP contribution in [-0.4, -0.2) is 41.3 Å². The molecule has 1 heterocycles. The molecule has 2 aromatic carbocycles. The molecule has 3 aromatic rings. The van der Waals surface area contributed by atoms with Gasteiger partial charge in [0.05, 0.1) is 18.7 Å². The van der Waals surface area contributed by atoms with Gasteiger partial charge in [-0.1, -0.05) is 34.6 Å². The molecule has 0 unspecified atom stereocenters. The lowest BCUT2D eigenvalue weighted by atomic mass is 10.2. The molecule has 0 bridgehead atoms. The molecule has 0 spiro atoms. The van der Waals surface area contributed by atoms with Gasteiger partial charge in [0.25, 0.3) is 0 Å². The fraction of sp³-hybridized carbons (Fsp3) is 0.238. The Labute approximate surface area is 177 Å². The van der Waals surface area contributed by atoms with Crippen molar-refractivity contribution < 1.29 is 14.2 Å². The minimum Gasteiger partial charge on any atom is -0.489 e. The van der Waals surface area contributed by atoms with E-state index >= 15 is 0 Å². The number of alkyl halides is 1. The summed E-state index contributed by atoms with van der Waals surface area (Å²) in [5, 5.41) is 4.13. The molecule has 0 aliphatic heterocycles. The van der Waals surface area contributed by atoms with E-state index in [1.165, 1.54) is 6.33 Å². The van der Waals surface area contributed by atoms with Crippen molar-refractivity contribution in [3.05, 3.63) is 48.3 Å². The fourth-order valence-corrected chi connectivity index (χ4v) is 2.82. The predicted molar refractivity (Wildman–Crippen MR) is 119 cm³/mol. The number of terminal acetylenes is 1. The molecule has 6 nitrogen and oxygen atoms in total. The lowest BCUT2D eigenvalue weighted by molar-refractivity contribution is 0.143. The first kappa shape index (κ1) is 20.2. The molecular formula is C21H20IN3O3. The largest absolute Gasteiger partial charge is 0.489 e. The van der Waals surface area contributed by atoms with Gasteiger partial charge in [0.2, 0.25) is 0 Å². The van der Waals surface area contributed by atoms with Crippen LogP contribution in [0.5, 0.6) is 11.5 Å². The summed E-state index contributed by atoms with van der Waals surface area (Å²) < 4.78 is 17.6. The van der Waals surface area contributed by atoms with Crippen LogP contribution < -0.4 is 14.8 Å². The Bertz CT molecular complexity index is 988. The maximum absolute atomic E-state index is 5.86. The van der Waals surface area contributed by atoms with E-state index in [1.54, 1.807) is 7.11 Å².